The minimum Gasteiger partial charge on any atom is -0.508 e. The maximum Gasteiger partial charge on any atom is 0.325 e. The molecule has 8 atom stereocenters. The van der Waals surface area contributed by atoms with Crippen LogP contribution in [0, 0.1) is 24.7 Å². The zero-order valence-electron chi connectivity index (χ0n) is 31.3. The number of ether oxygens (including phenoxy) is 1. The first-order chi connectivity index (χ1) is 25.0. The van der Waals surface area contributed by atoms with Crippen LogP contribution in [0.4, 0.5) is 0 Å². The number of aryl methyl sites for hydroxylation is 1. The minimum absolute atomic E-state index is 0.0316. The fraction of sp³-hybridized carbons (Fsp3) is 0.538. The molecule has 2 heterocycles. The molecule has 53 heavy (non-hydrogen) atoms. The Morgan fingerprint density at radius 1 is 1.08 bits per heavy atom. The largest absolute Gasteiger partial charge is 0.508 e. The quantitative estimate of drug-likeness (QED) is 0.136. The first kappa shape index (κ1) is 42.8. The Morgan fingerprint density at radius 2 is 1.79 bits per heavy atom. The van der Waals surface area contributed by atoms with E-state index in [-0.39, 0.29) is 42.9 Å². The number of allylic oxidation sites excluding steroid dienone is 3. The Hall–Kier alpha value is -4.66. The second-order valence-electron chi connectivity index (χ2n) is 14.2. The maximum atomic E-state index is 14.2. The van der Waals surface area contributed by atoms with Gasteiger partial charge in [-0.25, -0.2) is 5.43 Å². The van der Waals surface area contributed by atoms with E-state index in [0.29, 0.717) is 30.3 Å². The normalized spacial score (nSPS) is 29.9. The van der Waals surface area contributed by atoms with Crippen molar-refractivity contribution in [3.8, 4) is 5.75 Å². The van der Waals surface area contributed by atoms with E-state index in [1.807, 2.05) is 0 Å². The van der Waals surface area contributed by atoms with Crippen molar-refractivity contribution >= 4 is 35.8 Å². The third-order valence-electron chi connectivity index (χ3n) is 9.72. The Kier molecular flexibility index (Phi) is 16.1. The topological polar surface area (TPSA) is 212 Å². The second kappa shape index (κ2) is 20.0. The lowest BCUT2D eigenvalue weighted by atomic mass is 9.84. The summed E-state index contributed by atoms with van der Waals surface area (Å²) in [7, 11) is 0. The zero-order valence-corrected chi connectivity index (χ0v) is 31.3. The SMILES string of the molecule is CC(=O)CC[C@H]1C(=O)N[C@@H](C(C)C)C(=O)NC(c2ccc(C)c(O)c2)C(=O)N2CCCC(N2)C(=O)O[C@H](/C(C)=C/C=O)C/C=C/C=C/[C@H](O)[C@H](C)[C@H]1O. The number of ketones is 1. The lowest BCUT2D eigenvalue weighted by Gasteiger charge is -2.36. The molecule has 1 aromatic carbocycles. The Bertz CT molecular complexity index is 1590. The third-order valence-corrected chi connectivity index (χ3v) is 9.72. The molecular weight excluding hydrogens is 684 g/mol. The summed E-state index contributed by atoms with van der Waals surface area (Å²) < 4.78 is 5.82. The molecule has 2 aliphatic rings. The number of cyclic esters (lactones) is 1. The van der Waals surface area contributed by atoms with Crippen LogP contribution < -0.4 is 16.1 Å². The number of hydrogen-bond donors (Lipinski definition) is 6. The molecular formula is C39H54N4O10. The number of nitrogens with one attached hydrogen (secondary N) is 3. The number of esters is 1. The van der Waals surface area contributed by atoms with Gasteiger partial charge in [0.1, 0.15) is 42.0 Å². The van der Waals surface area contributed by atoms with Gasteiger partial charge < -0.3 is 35.5 Å². The highest BCUT2D eigenvalue weighted by Crippen LogP contribution is 2.27. The number of benzene rings is 1. The lowest BCUT2D eigenvalue weighted by molar-refractivity contribution is -0.156. The first-order valence-electron chi connectivity index (χ1n) is 18.0. The summed E-state index contributed by atoms with van der Waals surface area (Å²) in [6, 6.07) is 1.01. The van der Waals surface area contributed by atoms with Crippen molar-refractivity contribution in [2.24, 2.45) is 17.8 Å². The van der Waals surface area contributed by atoms with Gasteiger partial charge in [0, 0.05) is 25.3 Å². The van der Waals surface area contributed by atoms with Crippen molar-refractivity contribution in [1.29, 1.82) is 0 Å². The minimum atomic E-state index is -1.42. The van der Waals surface area contributed by atoms with Crippen LogP contribution in [0.5, 0.6) is 5.75 Å². The Labute approximate surface area is 310 Å². The standard InChI is InChI=1S/C39H54N4O10/c1-22(2)33-37(50)41-34(27-16-14-23(3)31(47)21-27)38(51)43-19-10-11-29(42-43)39(52)53-32(24(4)18-20-44)13-9-7-8-12-30(46)26(6)35(48)28(36(49)40-33)17-15-25(5)45/h7-9,12,14,16,18,20-22,26,28-30,32-35,42,46-48H,10-11,13,15,17,19H2,1-6H3,(H,40,49)(H,41,50)/b9-7+,12-8+,24-18+/t26-,28+,29?,30-,32-,33-,34?,35+/m0/s1. The van der Waals surface area contributed by atoms with Crippen LogP contribution in [0.3, 0.4) is 0 Å². The fourth-order valence-corrected chi connectivity index (χ4v) is 6.17. The van der Waals surface area contributed by atoms with Crippen LogP contribution >= 0.6 is 0 Å². The highest BCUT2D eigenvalue weighted by molar-refractivity contribution is 5.93. The Balaban J connectivity index is 2.11. The number of fused-ring (bicyclic) bond motifs is 2. The number of phenols is 1. The van der Waals surface area contributed by atoms with Crippen molar-refractivity contribution in [2.75, 3.05) is 6.54 Å². The molecule has 2 unspecified atom stereocenters. The van der Waals surface area contributed by atoms with Gasteiger partial charge in [-0.05, 0) is 74.8 Å². The molecule has 14 nitrogen and oxygen atoms in total. The summed E-state index contributed by atoms with van der Waals surface area (Å²) >= 11 is 0. The number of hydrazine groups is 1. The second-order valence-corrected chi connectivity index (χ2v) is 14.2. The van der Waals surface area contributed by atoms with Crippen LogP contribution in [-0.4, -0.2) is 93.0 Å². The van der Waals surface area contributed by atoms with Gasteiger partial charge in [0.05, 0.1) is 18.1 Å². The molecule has 3 rings (SSSR count). The van der Waals surface area contributed by atoms with E-state index in [0.717, 1.165) is 0 Å². The third kappa shape index (κ3) is 11.9. The summed E-state index contributed by atoms with van der Waals surface area (Å²) in [5.41, 5.74) is 4.19. The fourth-order valence-electron chi connectivity index (χ4n) is 6.17. The number of carbonyl (C=O) groups excluding carboxylic acids is 6. The number of nitrogens with zero attached hydrogens (tertiary/aromatic N) is 1. The summed E-state index contributed by atoms with van der Waals surface area (Å²) in [5, 5.41) is 39.5. The molecule has 1 fully saturated rings. The molecule has 6 N–H and O–H groups in total. The van der Waals surface area contributed by atoms with Crippen molar-refractivity contribution in [3.05, 3.63) is 65.3 Å². The lowest BCUT2D eigenvalue weighted by Crippen LogP contribution is -2.59. The number of amides is 3. The predicted octanol–water partition coefficient (Wildman–Crippen LogP) is 2.41. The van der Waals surface area contributed by atoms with E-state index in [9.17, 15) is 44.1 Å². The monoisotopic (exact) mass is 738 g/mol. The number of aliphatic hydroxyl groups excluding tert-OH is 2. The summed E-state index contributed by atoms with van der Waals surface area (Å²) in [6.45, 7) is 9.79. The summed E-state index contributed by atoms with van der Waals surface area (Å²) in [5.74, 6) is -5.63. The van der Waals surface area contributed by atoms with Gasteiger partial charge in [0.15, 0.2) is 0 Å². The number of aldehydes is 1. The van der Waals surface area contributed by atoms with Crippen molar-refractivity contribution in [2.45, 2.75) is 110 Å². The molecule has 2 bridgehead atoms. The number of Topliss-reactive ketones (excluding diaryl/α,β-unsaturated/α-hetero) is 1. The van der Waals surface area contributed by atoms with Gasteiger partial charge in [0.2, 0.25) is 11.8 Å². The number of rotatable bonds is 7. The highest BCUT2D eigenvalue weighted by atomic mass is 16.5. The van der Waals surface area contributed by atoms with Crippen molar-refractivity contribution < 1.29 is 48.8 Å². The number of aromatic hydroxyl groups is 1. The first-order valence-corrected chi connectivity index (χ1v) is 18.0. The molecule has 0 radical (unpaired) electrons. The maximum absolute atomic E-state index is 14.2. The smallest absolute Gasteiger partial charge is 0.325 e. The van der Waals surface area contributed by atoms with Crippen LogP contribution in [0.15, 0.2) is 54.2 Å². The number of hydrogen-bond acceptors (Lipinski definition) is 11. The molecule has 0 saturated carbocycles. The average molecular weight is 739 g/mol. The van der Waals surface area contributed by atoms with E-state index in [1.165, 1.54) is 36.2 Å². The molecule has 14 heteroatoms. The molecule has 0 aromatic heterocycles. The van der Waals surface area contributed by atoms with E-state index < -0.39 is 77.9 Å². The van der Waals surface area contributed by atoms with Gasteiger partial charge in [-0.3, -0.25) is 29.0 Å². The van der Waals surface area contributed by atoms with Crippen LogP contribution in [0.1, 0.15) is 83.9 Å². The van der Waals surface area contributed by atoms with Gasteiger partial charge in [0.25, 0.3) is 5.91 Å². The van der Waals surface area contributed by atoms with E-state index in [4.69, 9.17) is 4.74 Å². The number of carbonyl (C=O) groups is 6. The van der Waals surface area contributed by atoms with E-state index >= 15 is 0 Å². The van der Waals surface area contributed by atoms with Crippen molar-refractivity contribution in [3.63, 3.8) is 0 Å². The zero-order chi connectivity index (χ0) is 39.4. The van der Waals surface area contributed by atoms with Gasteiger partial charge in [-0.1, -0.05) is 57.2 Å². The molecule has 2 aliphatic heterocycles. The molecule has 0 spiro atoms. The predicted molar refractivity (Wildman–Crippen MR) is 196 cm³/mol. The molecule has 1 aromatic rings. The van der Waals surface area contributed by atoms with Crippen LogP contribution in [0.25, 0.3) is 0 Å². The molecule has 3 amide bonds. The average Bonchev–Trinajstić information content (AvgIpc) is 3.11. The van der Waals surface area contributed by atoms with Crippen molar-refractivity contribution in [1.82, 2.24) is 21.1 Å². The van der Waals surface area contributed by atoms with E-state index in [2.05, 4.69) is 16.1 Å². The number of phenolic OH excluding ortho intramolecular Hbond substituents is 1. The van der Waals surface area contributed by atoms with Gasteiger partial charge in [-0.15, -0.1) is 0 Å². The van der Waals surface area contributed by atoms with E-state index in [1.54, 1.807) is 58.9 Å². The summed E-state index contributed by atoms with van der Waals surface area (Å²) in [6.07, 6.45) is 5.50. The van der Waals surface area contributed by atoms with Crippen LogP contribution in [-0.2, 0) is 33.5 Å². The molecule has 0 aliphatic carbocycles. The molecule has 1 saturated heterocycles. The van der Waals surface area contributed by atoms with Crippen LogP contribution in [0.2, 0.25) is 0 Å². The molecule has 290 valence electrons. The van der Waals surface area contributed by atoms with Gasteiger partial charge in [-0.2, -0.15) is 0 Å². The highest BCUT2D eigenvalue weighted by Gasteiger charge is 2.39. The Morgan fingerprint density at radius 3 is 2.43 bits per heavy atom. The summed E-state index contributed by atoms with van der Waals surface area (Å²) in [4.78, 5) is 78.8. The van der Waals surface area contributed by atoms with Gasteiger partial charge >= 0.3 is 5.97 Å². The number of aliphatic hydroxyl groups is 2.